The summed E-state index contributed by atoms with van der Waals surface area (Å²) in [6.45, 7) is 4.90. The van der Waals surface area contributed by atoms with Gasteiger partial charge in [-0.2, -0.15) is 0 Å². The van der Waals surface area contributed by atoms with E-state index in [1.54, 1.807) is 0 Å². The van der Waals surface area contributed by atoms with E-state index in [0.717, 1.165) is 23.4 Å². The van der Waals surface area contributed by atoms with Gasteiger partial charge in [0.05, 0.1) is 17.1 Å². The second-order valence-electron chi connectivity index (χ2n) is 6.97. The van der Waals surface area contributed by atoms with Gasteiger partial charge in [0.1, 0.15) is 11.9 Å². The van der Waals surface area contributed by atoms with E-state index in [1.807, 2.05) is 43.3 Å². The summed E-state index contributed by atoms with van der Waals surface area (Å²) in [6.07, 6.45) is 0.715. The molecule has 3 N–H and O–H groups in total. The number of para-hydroxylation sites is 2. The number of fused-ring (bicyclic) bond motifs is 1. The number of aryl methyl sites for hydroxylation is 1. The molecule has 6 heteroatoms. The van der Waals surface area contributed by atoms with Crippen LogP contribution in [0.3, 0.4) is 0 Å². The quantitative estimate of drug-likeness (QED) is 0.652. The summed E-state index contributed by atoms with van der Waals surface area (Å²) in [6, 6.07) is 18.0. The fourth-order valence-corrected chi connectivity index (χ4v) is 3.77. The summed E-state index contributed by atoms with van der Waals surface area (Å²) in [5, 5.41) is 3.12. The van der Waals surface area contributed by atoms with Crippen molar-refractivity contribution < 1.29 is 4.79 Å². The average Bonchev–Trinajstić information content (AvgIpc) is 3.33. The Labute approximate surface area is 159 Å². The molecule has 1 aliphatic heterocycles. The van der Waals surface area contributed by atoms with Gasteiger partial charge in [-0.1, -0.05) is 42.5 Å². The van der Waals surface area contributed by atoms with Crippen molar-refractivity contribution in [1.29, 1.82) is 0 Å². The lowest BCUT2D eigenvalue weighted by molar-refractivity contribution is -0.123. The highest BCUT2D eigenvalue weighted by Gasteiger charge is 2.31. The summed E-state index contributed by atoms with van der Waals surface area (Å²) in [4.78, 5) is 17.5. The molecule has 2 heterocycles. The molecular formula is C21H25N5O. The Morgan fingerprint density at radius 1 is 1.19 bits per heavy atom. The second-order valence-corrected chi connectivity index (χ2v) is 6.97. The van der Waals surface area contributed by atoms with Crippen molar-refractivity contribution in [3.63, 3.8) is 0 Å². The number of amides is 1. The largest absolute Gasteiger partial charge is 0.345 e. The first kappa shape index (κ1) is 17.7. The summed E-state index contributed by atoms with van der Waals surface area (Å²) >= 11 is 0. The molecule has 1 aliphatic rings. The molecule has 1 aromatic heterocycles. The Hall–Kier alpha value is -2.70. The van der Waals surface area contributed by atoms with Crippen LogP contribution in [0, 0.1) is 0 Å². The van der Waals surface area contributed by atoms with Crippen molar-refractivity contribution in [2.24, 2.45) is 0 Å². The van der Waals surface area contributed by atoms with Gasteiger partial charge in [0.2, 0.25) is 5.91 Å². The fourth-order valence-electron chi connectivity index (χ4n) is 3.77. The van der Waals surface area contributed by atoms with Crippen LogP contribution >= 0.6 is 0 Å². The number of rotatable bonds is 5. The molecule has 3 atom stereocenters. The minimum atomic E-state index is -0.267. The summed E-state index contributed by atoms with van der Waals surface area (Å²) in [5.74, 6) is 0.876. The van der Waals surface area contributed by atoms with E-state index < -0.39 is 0 Å². The number of benzene rings is 2. The molecule has 0 saturated carbocycles. The van der Waals surface area contributed by atoms with E-state index in [4.69, 9.17) is 4.98 Å². The Kier molecular flexibility index (Phi) is 4.92. The van der Waals surface area contributed by atoms with Gasteiger partial charge in [0.25, 0.3) is 0 Å². The zero-order valence-corrected chi connectivity index (χ0v) is 15.6. The maximum atomic E-state index is 12.8. The third kappa shape index (κ3) is 3.46. The van der Waals surface area contributed by atoms with Crippen molar-refractivity contribution >= 4 is 16.9 Å². The third-order valence-corrected chi connectivity index (χ3v) is 5.17. The van der Waals surface area contributed by atoms with Crippen molar-refractivity contribution in [1.82, 2.24) is 25.7 Å². The third-order valence-electron chi connectivity index (χ3n) is 5.17. The van der Waals surface area contributed by atoms with Crippen LogP contribution in [0.4, 0.5) is 0 Å². The lowest BCUT2D eigenvalue weighted by Gasteiger charge is -2.18. The number of hydrazine groups is 1. The molecule has 2 aromatic carbocycles. The number of imidazole rings is 1. The molecule has 0 spiro atoms. The van der Waals surface area contributed by atoms with Crippen molar-refractivity contribution in [3.8, 4) is 0 Å². The maximum absolute atomic E-state index is 12.8. The first-order valence-corrected chi connectivity index (χ1v) is 9.49. The SMILES string of the molecule is CCn1c(C(C)NC(=O)C2CC(c3ccccc3)NN2)nc2ccccc21. The number of nitrogens with zero attached hydrogens (tertiary/aromatic N) is 2. The van der Waals surface area contributed by atoms with Gasteiger partial charge in [0, 0.05) is 12.6 Å². The number of carbonyl (C=O) groups excluding carboxylic acids is 1. The normalized spacial score (nSPS) is 20.7. The summed E-state index contributed by atoms with van der Waals surface area (Å²) in [7, 11) is 0. The smallest absolute Gasteiger partial charge is 0.239 e. The minimum Gasteiger partial charge on any atom is -0.345 e. The first-order valence-electron chi connectivity index (χ1n) is 9.49. The molecular weight excluding hydrogens is 338 g/mol. The Bertz CT molecular complexity index is 936. The molecule has 1 amide bonds. The van der Waals surface area contributed by atoms with Crippen molar-refractivity contribution in [2.75, 3.05) is 0 Å². The van der Waals surface area contributed by atoms with Crippen LogP contribution in [0.15, 0.2) is 54.6 Å². The minimum absolute atomic E-state index is 0.0110. The number of aromatic nitrogens is 2. The number of hydrogen-bond acceptors (Lipinski definition) is 4. The number of hydrogen-bond donors (Lipinski definition) is 3. The first-order chi connectivity index (χ1) is 13.2. The monoisotopic (exact) mass is 363 g/mol. The van der Waals surface area contributed by atoms with Gasteiger partial charge in [-0.3, -0.25) is 4.79 Å². The average molecular weight is 363 g/mol. The van der Waals surface area contributed by atoms with Crippen LogP contribution in [0.25, 0.3) is 11.0 Å². The molecule has 1 fully saturated rings. The molecule has 0 bridgehead atoms. The van der Waals surface area contributed by atoms with Gasteiger partial charge in [0.15, 0.2) is 0 Å². The summed E-state index contributed by atoms with van der Waals surface area (Å²) in [5.41, 5.74) is 9.60. The molecule has 4 rings (SSSR count). The maximum Gasteiger partial charge on any atom is 0.239 e. The second kappa shape index (κ2) is 7.50. The highest BCUT2D eigenvalue weighted by Crippen LogP contribution is 2.24. The van der Waals surface area contributed by atoms with Crippen LogP contribution in [-0.2, 0) is 11.3 Å². The number of carbonyl (C=O) groups is 1. The molecule has 27 heavy (non-hydrogen) atoms. The van der Waals surface area contributed by atoms with Crippen molar-refractivity contribution in [3.05, 3.63) is 66.0 Å². The van der Waals surface area contributed by atoms with E-state index in [0.29, 0.717) is 6.42 Å². The molecule has 140 valence electrons. The van der Waals surface area contributed by atoms with Gasteiger partial charge >= 0.3 is 0 Å². The van der Waals surface area contributed by atoms with E-state index in [1.165, 1.54) is 5.56 Å². The Morgan fingerprint density at radius 2 is 1.93 bits per heavy atom. The molecule has 6 nitrogen and oxygen atoms in total. The van der Waals surface area contributed by atoms with Crippen LogP contribution in [-0.4, -0.2) is 21.5 Å². The Morgan fingerprint density at radius 3 is 2.70 bits per heavy atom. The van der Waals surface area contributed by atoms with Gasteiger partial charge in [-0.25, -0.2) is 15.8 Å². The molecule has 3 aromatic rings. The topological polar surface area (TPSA) is 71.0 Å². The standard InChI is InChI=1S/C21H25N5O/c1-3-26-19-12-8-7-11-16(19)23-20(26)14(2)22-21(27)18-13-17(24-25-18)15-9-5-4-6-10-15/h4-12,14,17-18,24-25H,3,13H2,1-2H3,(H,22,27). The lowest BCUT2D eigenvalue weighted by Crippen LogP contribution is -2.44. The molecule has 1 saturated heterocycles. The van der Waals surface area contributed by atoms with Gasteiger partial charge in [-0.15, -0.1) is 0 Å². The fraction of sp³-hybridized carbons (Fsp3) is 0.333. The van der Waals surface area contributed by atoms with E-state index in [-0.39, 0.29) is 24.0 Å². The highest BCUT2D eigenvalue weighted by atomic mass is 16.2. The van der Waals surface area contributed by atoms with Crippen LogP contribution in [0.2, 0.25) is 0 Å². The zero-order valence-electron chi connectivity index (χ0n) is 15.6. The summed E-state index contributed by atoms with van der Waals surface area (Å²) < 4.78 is 2.16. The predicted molar refractivity (Wildman–Crippen MR) is 106 cm³/mol. The highest BCUT2D eigenvalue weighted by molar-refractivity contribution is 5.82. The van der Waals surface area contributed by atoms with E-state index >= 15 is 0 Å². The van der Waals surface area contributed by atoms with Gasteiger partial charge in [-0.05, 0) is 38.0 Å². The Balaban J connectivity index is 1.46. The van der Waals surface area contributed by atoms with Crippen LogP contribution in [0.5, 0.6) is 0 Å². The molecule has 3 unspecified atom stereocenters. The molecule has 0 aliphatic carbocycles. The lowest BCUT2D eigenvalue weighted by atomic mass is 10.0. The van der Waals surface area contributed by atoms with E-state index in [9.17, 15) is 4.79 Å². The van der Waals surface area contributed by atoms with Crippen LogP contribution < -0.4 is 16.2 Å². The zero-order chi connectivity index (χ0) is 18.8. The predicted octanol–water partition coefficient (Wildman–Crippen LogP) is 2.84. The molecule has 0 radical (unpaired) electrons. The van der Waals surface area contributed by atoms with E-state index in [2.05, 4.69) is 45.9 Å². The van der Waals surface area contributed by atoms with Crippen molar-refractivity contribution in [2.45, 2.75) is 44.9 Å². The van der Waals surface area contributed by atoms with Crippen LogP contribution in [0.1, 0.15) is 43.7 Å². The van der Waals surface area contributed by atoms with Gasteiger partial charge < -0.3 is 9.88 Å². The number of nitrogens with one attached hydrogen (secondary N) is 3.